The Morgan fingerprint density at radius 1 is 0.889 bits per heavy atom. The second kappa shape index (κ2) is 10.9. The maximum Gasteiger partial charge on any atom is 0.328 e. The Kier molecular flexibility index (Phi) is 8.16. The highest BCUT2D eigenvalue weighted by atomic mass is 16.5. The van der Waals surface area contributed by atoms with Crippen molar-refractivity contribution in [1.29, 1.82) is 0 Å². The highest BCUT2D eigenvalue weighted by Gasteiger charge is 2.22. The van der Waals surface area contributed by atoms with Crippen LogP contribution in [0.3, 0.4) is 0 Å². The third-order valence-corrected chi connectivity index (χ3v) is 3.70. The minimum atomic E-state index is -0.773. The number of ether oxygens (including phenoxy) is 3. The second-order valence-electron chi connectivity index (χ2n) is 5.73. The second-order valence-corrected chi connectivity index (χ2v) is 5.73. The molecule has 0 radical (unpaired) electrons. The summed E-state index contributed by atoms with van der Waals surface area (Å²) in [6.45, 7) is 4.12. The number of rotatable bonds is 10. The first-order chi connectivity index (χ1) is 13.1. The van der Waals surface area contributed by atoms with Crippen LogP contribution < -0.4 is 14.8 Å². The minimum Gasteiger partial charge on any atom is -0.490 e. The molecule has 0 aromatic heterocycles. The molecule has 0 saturated heterocycles. The maximum atomic E-state index is 12.3. The summed E-state index contributed by atoms with van der Waals surface area (Å²) in [5.74, 6) is 0.170. The van der Waals surface area contributed by atoms with Gasteiger partial charge in [0.25, 0.3) is 5.91 Å². The summed E-state index contributed by atoms with van der Waals surface area (Å²) in [5, 5.41) is 2.69. The zero-order chi connectivity index (χ0) is 19.5. The van der Waals surface area contributed by atoms with Crippen LogP contribution in [0.25, 0.3) is 0 Å². The number of para-hydroxylation sites is 2. The Morgan fingerprint density at radius 2 is 1.52 bits per heavy atom. The third kappa shape index (κ3) is 6.66. The molecule has 0 saturated carbocycles. The fraction of sp³-hybridized carbons (Fsp3) is 0.333. The number of benzene rings is 2. The molecule has 1 atom stereocenters. The lowest BCUT2D eigenvalue weighted by Gasteiger charge is -2.18. The van der Waals surface area contributed by atoms with Crippen LogP contribution in [-0.2, 0) is 20.7 Å². The SMILES string of the molecule is CCOC(=O)C(Cc1ccccc1)NC(=O)COc1ccccc1OCC. The van der Waals surface area contributed by atoms with Gasteiger partial charge in [-0.25, -0.2) is 4.79 Å². The molecular formula is C21H25NO5. The Hall–Kier alpha value is -3.02. The fourth-order valence-electron chi connectivity index (χ4n) is 2.51. The average molecular weight is 371 g/mol. The minimum absolute atomic E-state index is 0.227. The van der Waals surface area contributed by atoms with Gasteiger partial charge in [-0.15, -0.1) is 0 Å². The molecule has 0 aliphatic carbocycles. The summed E-state index contributed by atoms with van der Waals surface area (Å²) in [7, 11) is 0. The highest BCUT2D eigenvalue weighted by Crippen LogP contribution is 2.26. The van der Waals surface area contributed by atoms with Crippen molar-refractivity contribution < 1.29 is 23.8 Å². The lowest BCUT2D eigenvalue weighted by Crippen LogP contribution is -2.45. The molecule has 0 aliphatic heterocycles. The van der Waals surface area contributed by atoms with Gasteiger partial charge in [0.05, 0.1) is 13.2 Å². The van der Waals surface area contributed by atoms with E-state index in [1.807, 2.05) is 43.3 Å². The van der Waals surface area contributed by atoms with Crippen molar-refractivity contribution in [3.05, 3.63) is 60.2 Å². The number of hydrogen-bond donors (Lipinski definition) is 1. The molecule has 2 aromatic carbocycles. The summed E-state index contributed by atoms with van der Waals surface area (Å²) in [6.07, 6.45) is 0.348. The fourth-order valence-corrected chi connectivity index (χ4v) is 2.51. The molecule has 1 N–H and O–H groups in total. The molecule has 6 heteroatoms. The Morgan fingerprint density at radius 3 is 2.15 bits per heavy atom. The van der Waals surface area contributed by atoms with Crippen LogP contribution in [-0.4, -0.2) is 37.7 Å². The number of esters is 1. The molecule has 2 rings (SSSR count). The Bertz CT molecular complexity index is 732. The number of carbonyl (C=O) groups excluding carboxylic acids is 2. The standard InChI is InChI=1S/C21H25NO5/c1-3-25-18-12-8-9-13-19(18)27-15-20(23)22-17(21(24)26-4-2)14-16-10-6-5-7-11-16/h5-13,17H,3-4,14-15H2,1-2H3,(H,22,23). The number of carbonyl (C=O) groups is 2. The largest absolute Gasteiger partial charge is 0.490 e. The van der Waals surface area contributed by atoms with Crippen molar-refractivity contribution in [2.75, 3.05) is 19.8 Å². The summed E-state index contributed by atoms with van der Waals surface area (Å²) in [5.41, 5.74) is 0.929. The van der Waals surface area contributed by atoms with E-state index in [-0.39, 0.29) is 13.2 Å². The van der Waals surface area contributed by atoms with E-state index in [0.29, 0.717) is 24.5 Å². The molecule has 144 valence electrons. The van der Waals surface area contributed by atoms with E-state index >= 15 is 0 Å². The predicted octanol–water partition coefficient (Wildman–Crippen LogP) is 2.75. The maximum absolute atomic E-state index is 12.3. The lowest BCUT2D eigenvalue weighted by molar-refractivity contribution is -0.147. The van der Waals surface area contributed by atoms with Crippen LogP contribution in [0.15, 0.2) is 54.6 Å². The summed E-state index contributed by atoms with van der Waals surface area (Å²) in [4.78, 5) is 24.5. The zero-order valence-corrected chi connectivity index (χ0v) is 15.6. The first-order valence-electron chi connectivity index (χ1n) is 8.98. The van der Waals surface area contributed by atoms with Gasteiger partial charge in [-0.05, 0) is 31.5 Å². The number of amides is 1. The quantitative estimate of drug-likeness (QED) is 0.650. The van der Waals surface area contributed by atoms with Gasteiger partial charge in [0.1, 0.15) is 6.04 Å². The van der Waals surface area contributed by atoms with E-state index < -0.39 is 17.9 Å². The van der Waals surface area contributed by atoms with Gasteiger partial charge in [-0.2, -0.15) is 0 Å². The van der Waals surface area contributed by atoms with Gasteiger partial charge in [0, 0.05) is 6.42 Å². The molecule has 0 heterocycles. The van der Waals surface area contributed by atoms with E-state index in [0.717, 1.165) is 5.56 Å². The van der Waals surface area contributed by atoms with Crippen molar-refractivity contribution in [2.45, 2.75) is 26.3 Å². The van der Waals surface area contributed by atoms with Gasteiger partial charge in [0.2, 0.25) is 0 Å². The highest BCUT2D eigenvalue weighted by molar-refractivity contribution is 5.85. The van der Waals surface area contributed by atoms with E-state index in [4.69, 9.17) is 14.2 Å². The first kappa shape index (κ1) is 20.3. The molecule has 1 amide bonds. The molecule has 1 unspecified atom stereocenters. The summed E-state index contributed by atoms with van der Waals surface area (Å²) in [6, 6.07) is 15.8. The van der Waals surface area contributed by atoms with Gasteiger partial charge in [0.15, 0.2) is 18.1 Å². The van der Waals surface area contributed by atoms with Crippen molar-refractivity contribution in [1.82, 2.24) is 5.32 Å². The van der Waals surface area contributed by atoms with E-state index in [2.05, 4.69) is 5.32 Å². The molecular weight excluding hydrogens is 346 g/mol. The van der Waals surface area contributed by atoms with E-state index in [9.17, 15) is 9.59 Å². The number of hydrogen-bond acceptors (Lipinski definition) is 5. The molecule has 0 spiro atoms. The predicted molar refractivity (Wildman–Crippen MR) is 102 cm³/mol. The third-order valence-electron chi connectivity index (χ3n) is 3.70. The van der Waals surface area contributed by atoms with Gasteiger partial charge < -0.3 is 19.5 Å². The van der Waals surface area contributed by atoms with Crippen LogP contribution in [0, 0.1) is 0 Å². The monoisotopic (exact) mass is 371 g/mol. The van der Waals surface area contributed by atoms with Crippen molar-refractivity contribution in [3.63, 3.8) is 0 Å². The first-order valence-corrected chi connectivity index (χ1v) is 8.98. The van der Waals surface area contributed by atoms with Gasteiger partial charge >= 0.3 is 5.97 Å². The topological polar surface area (TPSA) is 73.9 Å². The molecule has 0 fully saturated rings. The number of nitrogens with one attached hydrogen (secondary N) is 1. The lowest BCUT2D eigenvalue weighted by atomic mass is 10.1. The molecule has 2 aromatic rings. The van der Waals surface area contributed by atoms with Gasteiger partial charge in [-0.3, -0.25) is 4.79 Å². The molecule has 27 heavy (non-hydrogen) atoms. The molecule has 0 aliphatic rings. The Balaban J connectivity index is 1.97. The normalized spacial score (nSPS) is 11.3. The smallest absolute Gasteiger partial charge is 0.328 e. The van der Waals surface area contributed by atoms with Crippen molar-refractivity contribution in [3.8, 4) is 11.5 Å². The molecule has 6 nitrogen and oxygen atoms in total. The Labute approximate surface area is 159 Å². The van der Waals surface area contributed by atoms with Crippen LogP contribution in [0.5, 0.6) is 11.5 Å². The van der Waals surface area contributed by atoms with Crippen LogP contribution in [0.2, 0.25) is 0 Å². The zero-order valence-electron chi connectivity index (χ0n) is 15.6. The van der Waals surface area contributed by atoms with Crippen LogP contribution in [0.4, 0.5) is 0 Å². The van der Waals surface area contributed by atoms with Crippen molar-refractivity contribution in [2.24, 2.45) is 0 Å². The van der Waals surface area contributed by atoms with Crippen LogP contribution >= 0.6 is 0 Å². The molecule has 0 bridgehead atoms. The average Bonchev–Trinajstić information content (AvgIpc) is 2.68. The van der Waals surface area contributed by atoms with Crippen LogP contribution in [0.1, 0.15) is 19.4 Å². The summed E-state index contributed by atoms with van der Waals surface area (Å²) < 4.78 is 16.1. The summed E-state index contributed by atoms with van der Waals surface area (Å²) >= 11 is 0. The van der Waals surface area contributed by atoms with E-state index in [1.54, 1.807) is 25.1 Å². The van der Waals surface area contributed by atoms with Crippen molar-refractivity contribution >= 4 is 11.9 Å². The van der Waals surface area contributed by atoms with E-state index in [1.165, 1.54) is 0 Å². The van der Waals surface area contributed by atoms with Gasteiger partial charge in [-0.1, -0.05) is 42.5 Å².